The molecule has 0 bridgehead atoms. The van der Waals surface area contributed by atoms with Gasteiger partial charge in [0.1, 0.15) is 0 Å². The van der Waals surface area contributed by atoms with Gasteiger partial charge in [-0.05, 0) is 82.8 Å². The summed E-state index contributed by atoms with van der Waals surface area (Å²) in [5.41, 5.74) is 2.90. The van der Waals surface area contributed by atoms with Crippen molar-refractivity contribution in [2.45, 2.75) is 52.5 Å². The predicted octanol–water partition coefficient (Wildman–Crippen LogP) is 3.64. The first-order chi connectivity index (χ1) is 10.2. The van der Waals surface area contributed by atoms with Crippen LogP contribution >= 0.6 is 0 Å². The maximum atomic E-state index is 3.76. The molecular weight excluding hydrogens is 256 g/mol. The van der Waals surface area contributed by atoms with Crippen LogP contribution in [0.5, 0.6) is 0 Å². The van der Waals surface area contributed by atoms with E-state index in [0.717, 1.165) is 18.9 Å². The average molecular weight is 288 g/mol. The SMILES string of the molecule is CCCN1CCC(C(C)NCCc2ccccc2C)CC1. The third-order valence-corrected chi connectivity index (χ3v) is 5.00. The van der Waals surface area contributed by atoms with Crippen LogP contribution in [-0.2, 0) is 6.42 Å². The van der Waals surface area contributed by atoms with E-state index < -0.39 is 0 Å². The van der Waals surface area contributed by atoms with E-state index in [1.165, 1.54) is 50.0 Å². The van der Waals surface area contributed by atoms with Gasteiger partial charge in [0.05, 0.1) is 0 Å². The van der Waals surface area contributed by atoms with Crippen molar-refractivity contribution in [2.24, 2.45) is 5.92 Å². The van der Waals surface area contributed by atoms with Crippen LogP contribution in [0.4, 0.5) is 0 Å². The van der Waals surface area contributed by atoms with Gasteiger partial charge in [-0.3, -0.25) is 0 Å². The third kappa shape index (κ3) is 5.12. The van der Waals surface area contributed by atoms with Gasteiger partial charge in [0.25, 0.3) is 0 Å². The second kappa shape index (κ2) is 8.55. The number of benzene rings is 1. The second-order valence-electron chi connectivity index (χ2n) is 6.60. The molecule has 1 fully saturated rings. The van der Waals surface area contributed by atoms with Crippen LogP contribution < -0.4 is 5.32 Å². The Morgan fingerprint density at radius 2 is 1.95 bits per heavy atom. The van der Waals surface area contributed by atoms with E-state index in [1.54, 1.807) is 0 Å². The first-order valence-corrected chi connectivity index (χ1v) is 8.71. The van der Waals surface area contributed by atoms with Crippen molar-refractivity contribution in [3.05, 3.63) is 35.4 Å². The zero-order chi connectivity index (χ0) is 15.1. The normalized spacial score (nSPS) is 18.8. The topological polar surface area (TPSA) is 15.3 Å². The smallest absolute Gasteiger partial charge is 0.00680 e. The summed E-state index contributed by atoms with van der Waals surface area (Å²) < 4.78 is 0. The Hall–Kier alpha value is -0.860. The first-order valence-electron chi connectivity index (χ1n) is 8.71. The lowest BCUT2D eigenvalue weighted by molar-refractivity contribution is 0.163. The highest BCUT2D eigenvalue weighted by Gasteiger charge is 2.22. The Labute approximate surface area is 130 Å². The van der Waals surface area contributed by atoms with E-state index in [4.69, 9.17) is 0 Å². The van der Waals surface area contributed by atoms with Crippen molar-refractivity contribution in [1.29, 1.82) is 0 Å². The van der Waals surface area contributed by atoms with Crippen molar-refractivity contribution in [3.63, 3.8) is 0 Å². The molecule has 1 unspecified atom stereocenters. The minimum atomic E-state index is 0.651. The van der Waals surface area contributed by atoms with E-state index >= 15 is 0 Å². The van der Waals surface area contributed by atoms with Crippen molar-refractivity contribution in [2.75, 3.05) is 26.2 Å². The van der Waals surface area contributed by atoms with Crippen molar-refractivity contribution < 1.29 is 0 Å². The molecule has 1 saturated heterocycles. The van der Waals surface area contributed by atoms with E-state index in [2.05, 4.69) is 55.3 Å². The molecule has 2 rings (SSSR count). The molecular formula is C19H32N2. The third-order valence-electron chi connectivity index (χ3n) is 5.00. The van der Waals surface area contributed by atoms with Crippen LogP contribution in [-0.4, -0.2) is 37.1 Å². The van der Waals surface area contributed by atoms with Gasteiger partial charge in [-0.1, -0.05) is 31.2 Å². The minimum absolute atomic E-state index is 0.651. The molecule has 21 heavy (non-hydrogen) atoms. The van der Waals surface area contributed by atoms with Gasteiger partial charge in [-0.25, -0.2) is 0 Å². The van der Waals surface area contributed by atoms with Gasteiger partial charge in [0, 0.05) is 6.04 Å². The largest absolute Gasteiger partial charge is 0.314 e. The standard InChI is InChI=1S/C19H32N2/c1-4-13-21-14-10-19(11-15-21)17(3)20-12-9-18-8-6-5-7-16(18)2/h5-8,17,19-20H,4,9-15H2,1-3H3. The minimum Gasteiger partial charge on any atom is -0.314 e. The van der Waals surface area contributed by atoms with Crippen molar-refractivity contribution in [3.8, 4) is 0 Å². The Kier molecular flexibility index (Phi) is 6.72. The predicted molar refractivity (Wildman–Crippen MR) is 91.8 cm³/mol. The fraction of sp³-hybridized carbons (Fsp3) is 0.684. The second-order valence-corrected chi connectivity index (χ2v) is 6.60. The summed E-state index contributed by atoms with van der Waals surface area (Å²) in [5.74, 6) is 0.856. The fourth-order valence-electron chi connectivity index (χ4n) is 3.48. The summed E-state index contributed by atoms with van der Waals surface area (Å²) in [7, 11) is 0. The van der Waals surface area contributed by atoms with Crippen LogP contribution in [0.15, 0.2) is 24.3 Å². The molecule has 1 aliphatic rings. The number of likely N-dealkylation sites (tertiary alicyclic amines) is 1. The summed E-state index contributed by atoms with van der Waals surface area (Å²) in [6, 6.07) is 9.39. The van der Waals surface area contributed by atoms with E-state index in [0.29, 0.717) is 6.04 Å². The van der Waals surface area contributed by atoms with E-state index in [-0.39, 0.29) is 0 Å². The monoisotopic (exact) mass is 288 g/mol. The van der Waals surface area contributed by atoms with Gasteiger partial charge < -0.3 is 10.2 Å². The molecule has 0 radical (unpaired) electrons. The lowest BCUT2D eigenvalue weighted by atomic mass is 9.90. The van der Waals surface area contributed by atoms with Gasteiger partial charge in [-0.15, -0.1) is 0 Å². The summed E-state index contributed by atoms with van der Waals surface area (Å²) in [6.45, 7) is 11.8. The number of piperidine rings is 1. The number of hydrogen-bond acceptors (Lipinski definition) is 2. The highest BCUT2D eigenvalue weighted by atomic mass is 15.1. The molecule has 1 aliphatic heterocycles. The molecule has 2 nitrogen and oxygen atoms in total. The maximum absolute atomic E-state index is 3.76. The first kappa shape index (κ1) is 16.5. The molecule has 0 aromatic heterocycles. The molecule has 0 spiro atoms. The Bertz CT molecular complexity index is 408. The van der Waals surface area contributed by atoms with Crippen molar-refractivity contribution >= 4 is 0 Å². The van der Waals surface area contributed by atoms with Crippen LogP contribution in [0.3, 0.4) is 0 Å². The van der Waals surface area contributed by atoms with Crippen molar-refractivity contribution in [1.82, 2.24) is 10.2 Å². The van der Waals surface area contributed by atoms with E-state index in [1.807, 2.05) is 0 Å². The number of rotatable bonds is 7. The number of nitrogens with one attached hydrogen (secondary N) is 1. The van der Waals surface area contributed by atoms with Gasteiger partial charge in [0.15, 0.2) is 0 Å². The molecule has 0 amide bonds. The zero-order valence-electron chi connectivity index (χ0n) is 14.1. The molecule has 1 atom stereocenters. The maximum Gasteiger partial charge on any atom is 0.00680 e. The average Bonchev–Trinajstić information content (AvgIpc) is 2.50. The van der Waals surface area contributed by atoms with Crippen LogP contribution in [0.2, 0.25) is 0 Å². The molecule has 0 saturated carbocycles. The molecule has 2 heteroatoms. The lowest BCUT2D eigenvalue weighted by Crippen LogP contribution is -2.42. The summed E-state index contributed by atoms with van der Waals surface area (Å²) >= 11 is 0. The quantitative estimate of drug-likeness (QED) is 0.824. The zero-order valence-corrected chi connectivity index (χ0v) is 14.1. The summed E-state index contributed by atoms with van der Waals surface area (Å²) in [5, 5.41) is 3.76. The number of nitrogens with zero attached hydrogens (tertiary/aromatic N) is 1. The van der Waals surface area contributed by atoms with Gasteiger partial charge in [0.2, 0.25) is 0 Å². The highest BCUT2D eigenvalue weighted by molar-refractivity contribution is 5.25. The Balaban J connectivity index is 1.68. The summed E-state index contributed by atoms with van der Waals surface area (Å²) in [4.78, 5) is 2.62. The van der Waals surface area contributed by atoms with E-state index in [9.17, 15) is 0 Å². The fourth-order valence-corrected chi connectivity index (χ4v) is 3.48. The Morgan fingerprint density at radius 3 is 2.62 bits per heavy atom. The lowest BCUT2D eigenvalue weighted by Gasteiger charge is -2.35. The van der Waals surface area contributed by atoms with Gasteiger partial charge in [-0.2, -0.15) is 0 Å². The molecule has 1 N–H and O–H groups in total. The molecule has 118 valence electrons. The van der Waals surface area contributed by atoms with Crippen LogP contribution in [0.25, 0.3) is 0 Å². The molecule has 0 aliphatic carbocycles. The highest BCUT2D eigenvalue weighted by Crippen LogP contribution is 2.20. The number of aryl methyl sites for hydroxylation is 1. The molecule has 1 heterocycles. The van der Waals surface area contributed by atoms with Crippen LogP contribution in [0.1, 0.15) is 44.2 Å². The van der Waals surface area contributed by atoms with Crippen LogP contribution in [0, 0.1) is 12.8 Å². The molecule has 1 aromatic rings. The Morgan fingerprint density at radius 1 is 1.24 bits per heavy atom. The van der Waals surface area contributed by atoms with Gasteiger partial charge >= 0.3 is 0 Å². The summed E-state index contributed by atoms with van der Waals surface area (Å²) in [6.07, 6.45) is 5.15. The number of hydrogen-bond donors (Lipinski definition) is 1. The molecule has 1 aromatic carbocycles.